The zero-order valence-electron chi connectivity index (χ0n) is 12.3. The van der Waals surface area contributed by atoms with E-state index in [1.165, 1.54) is 17.7 Å². The van der Waals surface area contributed by atoms with Gasteiger partial charge in [0.25, 0.3) is 0 Å². The number of nitrogens with two attached hydrogens (primary N) is 1. The van der Waals surface area contributed by atoms with Crippen LogP contribution in [0.4, 0.5) is 0 Å². The Bertz CT molecular complexity index is 597. The number of rotatable bonds is 4. The molecule has 1 aliphatic carbocycles. The van der Waals surface area contributed by atoms with Crippen molar-refractivity contribution in [3.8, 4) is 5.88 Å². The molecule has 0 amide bonds. The van der Waals surface area contributed by atoms with Gasteiger partial charge in [0.2, 0.25) is 5.88 Å². The van der Waals surface area contributed by atoms with Crippen LogP contribution in [0.5, 0.6) is 5.88 Å². The zero-order valence-corrected chi connectivity index (χ0v) is 12.3. The molecule has 0 radical (unpaired) electrons. The lowest BCUT2D eigenvalue weighted by Crippen LogP contribution is -2.33. The molecule has 110 valence electrons. The van der Waals surface area contributed by atoms with Gasteiger partial charge in [-0.05, 0) is 42.9 Å². The molecule has 1 aliphatic rings. The number of methoxy groups -OCH3 is 1. The summed E-state index contributed by atoms with van der Waals surface area (Å²) in [5.41, 5.74) is 10.2. The summed E-state index contributed by atoms with van der Waals surface area (Å²) in [5, 5.41) is 0. The summed E-state index contributed by atoms with van der Waals surface area (Å²) < 4.78 is 5.08. The number of aromatic nitrogens is 2. The first kappa shape index (κ1) is 14.0. The number of nitrogens with zero attached hydrogens (tertiary/aromatic N) is 2. The molecule has 2 aromatic rings. The number of hydrogen-bond acceptors (Lipinski definition) is 4. The Morgan fingerprint density at radius 1 is 1.33 bits per heavy atom. The van der Waals surface area contributed by atoms with Gasteiger partial charge in [0.1, 0.15) is 0 Å². The SMILES string of the molecule is COc1ccc(CC(N)C2CCCc3cccnc32)cn1. The van der Waals surface area contributed by atoms with Crippen molar-refractivity contribution in [3.05, 3.63) is 53.5 Å². The van der Waals surface area contributed by atoms with Gasteiger partial charge in [-0.25, -0.2) is 4.98 Å². The Balaban J connectivity index is 1.75. The summed E-state index contributed by atoms with van der Waals surface area (Å²) in [5.74, 6) is 0.981. The summed E-state index contributed by atoms with van der Waals surface area (Å²) in [7, 11) is 1.62. The predicted molar refractivity (Wildman–Crippen MR) is 82.4 cm³/mol. The Hall–Kier alpha value is -1.94. The van der Waals surface area contributed by atoms with E-state index in [2.05, 4.69) is 16.0 Å². The average Bonchev–Trinajstić information content (AvgIpc) is 2.55. The summed E-state index contributed by atoms with van der Waals surface area (Å²) in [6.07, 6.45) is 7.97. The van der Waals surface area contributed by atoms with Gasteiger partial charge in [0.15, 0.2) is 0 Å². The van der Waals surface area contributed by atoms with Crippen LogP contribution < -0.4 is 10.5 Å². The molecule has 0 saturated carbocycles. The fourth-order valence-corrected chi connectivity index (χ4v) is 3.13. The normalized spacial score (nSPS) is 18.9. The minimum Gasteiger partial charge on any atom is -0.481 e. The van der Waals surface area contributed by atoms with Gasteiger partial charge in [0, 0.05) is 36.1 Å². The van der Waals surface area contributed by atoms with Crippen LogP contribution in [0.1, 0.15) is 35.6 Å². The van der Waals surface area contributed by atoms with Crippen molar-refractivity contribution in [2.75, 3.05) is 7.11 Å². The molecule has 2 heterocycles. The minimum absolute atomic E-state index is 0.0779. The molecule has 4 heteroatoms. The second-order valence-corrected chi connectivity index (χ2v) is 5.62. The van der Waals surface area contributed by atoms with E-state index in [4.69, 9.17) is 10.5 Å². The Kier molecular flexibility index (Phi) is 4.15. The monoisotopic (exact) mass is 283 g/mol. The highest BCUT2D eigenvalue weighted by Crippen LogP contribution is 2.32. The van der Waals surface area contributed by atoms with E-state index < -0.39 is 0 Å². The molecule has 2 aromatic heterocycles. The molecule has 2 atom stereocenters. The lowest BCUT2D eigenvalue weighted by Gasteiger charge is -2.29. The van der Waals surface area contributed by atoms with E-state index in [1.807, 2.05) is 30.6 Å². The first-order chi connectivity index (χ1) is 10.3. The third-order valence-corrected chi connectivity index (χ3v) is 4.23. The van der Waals surface area contributed by atoms with Gasteiger partial charge in [-0.15, -0.1) is 0 Å². The number of hydrogen-bond donors (Lipinski definition) is 1. The molecule has 0 aliphatic heterocycles. The highest BCUT2D eigenvalue weighted by atomic mass is 16.5. The first-order valence-corrected chi connectivity index (χ1v) is 7.46. The summed E-state index contributed by atoms with van der Waals surface area (Å²) in [6.45, 7) is 0. The standard InChI is InChI=1S/C17H21N3O/c1-21-16-8-7-12(11-20-16)10-15(18)14-6-2-4-13-5-3-9-19-17(13)14/h3,5,7-9,11,14-15H,2,4,6,10,18H2,1H3. The third-order valence-electron chi connectivity index (χ3n) is 4.23. The minimum atomic E-state index is 0.0779. The fraction of sp³-hybridized carbons (Fsp3) is 0.412. The van der Waals surface area contributed by atoms with E-state index >= 15 is 0 Å². The van der Waals surface area contributed by atoms with E-state index in [1.54, 1.807) is 7.11 Å². The topological polar surface area (TPSA) is 61.0 Å². The molecule has 0 fully saturated rings. The zero-order chi connectivity index (χ0) is 14.7. The van der Waals surface area contributed by atoms with Crippen LogP contribution in [-0.4, -0.2) is 23.1 Å². The number of pyridine rings is 2. The number of aryl methyl sites for hydroxylation is 1. The molecule has 0 saturated heterocycles. The van der Waals surface area contributed by atoms with Crippen molar-refractivity contribution < 1.29 is 4.74 Å². The molecule has 2 unspecified atom stereocenters. The molecule has 4 nitrogen and oxygen atoms in total. The van der Waals surface area contributed by atoms with Crippen molar-refractivity contribution in [1.29, 1.82) is 0 Å². The molecule has 3 rings (SSSR count). The van der Waals surface area contributed by atoms with Crippen LogP contribution in [0.25, 0.3) is 0 Å². The van der Waals surface area contributed by atoms with Crippen molar-refractivity contribution >= 4 is 0 Å². The van der Waals surface area contributed by atoms with Crippen molar-refractivity contribution in [2.24, 2.45) is 5.73 Å². The lowest BCUT2D eigenvalue weighted by atomic mass is 9.80. The van der Waals surface area contributed by atoms with Crippen LogP contribution in [-0.2, 0) is 12.8 Å². The van der Waals surface area contributed by atoms with Crippen molar-refractivity contribution in [2.45, 2.75) is 37.6 Å². The Labute approximate surface area is 125 Å². The smallest absolute Gasteiger partial charge is 0.212 e. The van der Waals surface area contributed by atoms with Gasteiger partial charge in [-0.2, -0.15) is 0 Å². The third kappa shape index (κ3) is 3.05. The maximum Gasteiger partial charge on any atom is 0.212 e. The molecule has 0 spiro atoms. The Morgan fingerprint density at radius 3 is 3.00 bits per heavy atom. The van der Waals surface area contributed by atoms with Gasteiger partial charge < -0.3 is 10.5 Å². The van der Waals surface area contributed by atoms with Crippen LogP contribution in [0.2, 0.25) is 0 Å². The summed E-state index contributed by atoms with van der Waals surface area (Å²) in [4.78, 5) is 8.82. The van der Waals surface area contributed by atoms with Crippen LogP contribution in [0, 0.1) is 0 Å². The highest BCUT2D eigenvalue weighted by molar-refractivity contribution is 5.28. The Morgan fingerprint density at radius 2 is 2.24 bits per heavy atom. The summed E-state index contributed by atoms with van der Waals surface area (Å²) in [6, 6.07) is 8.19. The summed E-state index contributed by atoms with van der Waals surface area (Å²) >= 11 is 0. The second kappa shape index (κ2) is 6.22. The first-order valence-electron chi connectivity index (χ1n) is 7.46. The van der Waals surface area contributed by atoms with Crippen molar-refractivity contribution in [1.82, 2.24) is 9.97 Å². The largest absolute Gasteiger partial charge is 0.481 e. The highest BCUT2D eigenvalue weighted by Gasteiger charge is 2.26. The van der Waals surface area contributed by atoms with Crippen LogP contribution >= 0.6 is 0 Å². The molecule has 0 aromatic carbocycles. The van der Waals surface area contributed by atoms with Gasteiger partial charge in [0.05, 0.1) is 7.11 Å². The van der Waals surface area contributed by atoms with Crippen LogP contribution in [0.3, 0.4) is 0 Å². The maximum atomic E-state index is 6.47. The average molecular weight is 283 g/mol. The molecule has 2 N–H and O–H groups in total. The maximum absolute atomic E-state index is 6.47. The fourth-order valence-electron chi connectivity index (χ4n) is 3.13. The van der Waals surface area contributed by atoms with Crippen LogP contribution in [0.15, 0.2) is 36.7 Å². The molecular formula is C17H21N3O. The van der Waals surface area contributed by atoms with Gasteiger partial charge in [-0.1, -0.05) is 12.1 Å². The number of fused-ring (bicyclic) bond motifs is 1. The van der Waals surface area contributed by atoms with E-state index in [0.717, 1.165) is 24.8 Å². The number of ether oxygens (including phenoxy) is 1. The van der Waals surface area contributed by atoms with Gasteiger partial charge >= 0.3 is 0 Å². The van der Waals surface area contributed by atoms with Gasteiger partial charge in [-0.3, -0.25) is 4.98 Å². The quantitative estimate of drug-likeness (QED) is 0.936. The van der Waals surface area contributed by atoms with Crippen molar-refractivity contribution in [3.63, 3.8) is 0 Å². The molecule has 21 heavy (non-hydrogen) atoms. The second-order valence-electron chi connectivity index (χ2n) is 5.62. The van der Waals surface area contributed by atoms with E-state index in [-0.39, 0.29) is 6.04 Å². The van der Waals surface area contributed by atoms with E-state index in [9.17, 15) is 0 Å². The lowest BCUT2D eigenvalue weighted by molar-refractivity contribution is 0.397. The predicted octanol–water partition coefficient (Wildman–Crippen LogP) is 2.48. The molecular weight excluding hydrogens is 262 g/mol. The molecule has 0 bridgehead atoms. The van der Waals surface area contributed by atoms with E-state index in [0.29, 0.717) is 11.8 Å².